The highest BCUT2D eigenvalue weighted by Gasteiger charge is 2.28. The number of nitrogens with one attached hydrogen (secondary N) is 2. The molecule has 7 nitrogen and oxygen atoms in total. The van der Waals surface area contributed by atoms with Gasteiger partial charge in [-0.15, -0.1) is 0 Å². The third-order valence-corrected chi connectivity index (χ3v) is 2.65. The van der Waals surface area contributed by atoms with Crippen LogP contribution < -0.4 is 15.8 Å². The van der Waals surface area contributed by atoms with Crippen molar-refractivity contribution in [2.75, 3.05) is 13.2 Å². The van der Waals surface area contributed by atoms with Crippen molar-refractivity contribution in [3.05, 3.63) is 46.2 Å². The topological polar surface area (TPSA) is 97.2 Å². The van der Waals surface area contributed by atoms with Gasteiger partial charge in [-0.25, -0.2) is 4.79 Å². The molecule has 0 bridgehead atoms. The van der Waals surface area contributed by atoms with Crippen LogP contribution in [0.2, 0.25) is 0 Å². The van der Waals surface area contributed by atoms with E-state index in [1.54, 1.807) is 0 Å². The third kappa shape index (κ3) is 5.49. The largest absolute Gasteiger partial charge is 0.484 e. The first-order chi connectivity index (χ1) is 10.8. The number of nitrogens with zero attached hydrogens (tertiary/aromatic N) is 1. The van der Waals surface area contributed by atoms with E-state index in [4.69, 9.17) is 0 Å². The molecule has 0 saturated carbocycles. The first-order valence-electron chi connectivity index (χ1n) is 6.46. The molecule has 2 aromatic rings. The van der Waals surface area contributed by atoms with Crippen LogP contribution in [0.15, 0.2) is 33.6 Å². The molecule has 0 atom stereocenters. The number of hydrogen-bond donors (Lipinski definition) is 2. The summed E-state index contributed by atoms with van der Waals surface area (Å²) >= 11 is 0. The summed E-state index contributed by atoms with van der Waals surface area (Å²) < 4.78 is 44.9. The fraction of sp³-hybridized carbons (Fsp3) is 0.308. The van der Waals surface area contributed by atoms with E-state index in [0.717, 1.165) is 0 Å². The first-order valence-corrected chi connectivity index (χ1v) is 6.46. The summed E-state index contributed by atoms with van der Waals surface area (Å²) in [4.78, 5) is 24.9. The van der Waals surface area contributed by atoms with Gasteiger partial charge in [-0.05, 0) is 24.3 Å². The molecule has 1 aromatic heterocycles. The molecule has 0 radical (unpaired) electrons. The van der Waals surface area contributed by atoms with Crippen LogP contribution >= 0.6 is 0 Å². The molecular formula is C13H12F3N3O4. The second kappa shape index (κ2) is 6.99. The molecule has 2 N–H and O–H groups in total. The van der Waals surface area contributed by atoms with Crippen LogP contribution in [-0.2, 0) is 6.42 Å². The lowest BCUT2D eigenvalue weighted by atomic mass is 10.2. The molecule has 0 aliphatic carbocycles. The SMILES string of the molecule is O=C(NCCc1noc(=O)[nH]1)c1ccc(OCC(F)(F)F)cc1. The smallest absolute Gasteiger partial charge is 0.438 e. The second-order valence-electron chi connectivity index (χ2n) is 4.48. The molecule has 1 aromatic carbocycles. The van der Waals surface area contributed by atoms with Crippen LogP contribution in [0.5, 0.6) is 5.75 Å². The molecule has 0 spiro atoms. The number of carbonyl (C=O) groups excluding carboxylic acids is 1. The molecule has 0 aliphatic heterocycles. The minimum absolute atomic E-state index is 0.0130. The van der Waals surface area contributed by atoms with Gasteiger partial charge in [0.1, 0.15) is 5.75 Å². The van der Waals surface area contributed by atoms with Crippen LogP contribution in [0, 0.1) is 0 Å². The predicted octanol–water partition coefficient (Wildman–Crippen LogP) is 1.28. The van der Waals surface area contributed by atoms with E-state index in [1.807, 2.05) is 0 Å². The number of ether oxygens (including phenoxy) is 1. The maximum atomic E-state index is 12.0. The van der Waals surface area contributed by atoms with Crippen molar-refractivity contribution in [3.8, 4) is 5.75 Å². The van der Waals surface area contributed by atoms with Crippen molar-refractivity contribution in [1.82, 2.24) is 15.5 Å². The summed E-state index contributed by atoms with van der Waals surface area (Å²) in [5.74, 6) is -0.788. The maximum absolute atomic E-state index is 12.0. The average Bonchev–Trinajstić information content (AvgIpc) is 2.90. The molecule has 10 heteroatoms. The number of H-pyrrole nitrogens is 1. The van der Waals surface area contributed by atoms with Crippen LogP contribution in [0.1, 0.15) is 16.2 Å². The highest BCUT2D eigenvalue weighted by Crippen LogP contribution is 2.18. The number of aromatic amines is 1. The van der Waals surface area contributed by atoms with Crippen molar-refractivity contribution in [2.45, 2.75) is 12.6 Å². The van der Waals surface area contributed by atoms with Gasteiger partial charge in [0.15, 0.2) is 12.4 Å². The zero-order valence-electron chi connectivity index (χ0n) is 11.6. The number of halogens is 3. The molecule has 0 fully saturated rings. The maximum Gasteiger partial charge on any atom is 0.438 e. The Morgan fingerprint density at radius 2 is 2.00 bits per heavy atom. The van der Waals surface area contributed by atoms with Gasteiger partial charge in [-0.2, -0.15) is 13.2 Å². The average molecular weight is 331 g/mol. The molecule has 0 aliphatic rings. The van der Waals surface area contributed by atoms with Crippen LogP contribution in [0.4, 0.5) is 13.2 Å². The summed E-state index contributed by atoms with van der Waals surface area (Å²) in [7, 11) is 0. The van der Waals surface area contributed by atoms with Gasteiger partial charge in [0.05, 0.1) is 0 Å². The van der Waals surface area contributed by atoms with Crippen molar-refractivity contribution < 1.29 is 27.2 Å². The number of benzene rings is 1. The summed E-state index contributed by atoms with van der Waals surface area (Å²) in [5, 5.41) is 6.00. The third-order valence-electron chi connectivity index (χ3n) is 2.65. The Balaban J connectivity index is 1.81. The van der Waals surface area contributed by atoms with E-state index < -0.39 is 24.4 Å². The summed E-state index contributed by atoms with van der Waals surface area (Å²) in [6.07, 6.45) is -4.15. The fourth-order valence-corrected chi connectivity index (χ4v) is 1.63. The summed E-state index contributed by atoms with van der Waals surface area (Å²) in [6, 6.07) is 5.24. The minimum Gasteiger partial charge on any atom is -0.484 e. The molecule has 1 amide bonds. The second-order valence-corrected chi connectivity index (χ2v) is 4.48. The Bertz CT molecular complexity index is 706. The monoisotopic (exact) mass is 331 g/mol. The zero-order valence-corrected chi connectivity index (χ0v) is 11.6. The number of carbonyl (C=O) groups is 1. The lowest BCUT2D eigenvalue weighted by molar-refractivity contribution is -0.153. The van der Waals surface area contributed by atoms with Crippen LogP contribution in [0.25, 0.3) is 0 Å². The van der Waals surface area contributed by atoms with Gasteiger partial charge < -0.3 is 10.1 Å². The van der Waals surface area contributed by atoms with Gasteiger partial charge in [-0.1, -0.05) is 5.16 Å². The fourth-order valence-electron chi connectivity index (χ4n) is 1.63. The zero-order chi connectivity index (χ0) is 16.9. The summed E-state index contributed by atoms with van der Waals surface area (Å²) in [5.41, 5.74) is 0.262. The molecule has 0 unspecified atom stereocenters. The van der Waals surface area contributed by atoms with Gasteiger partial charge in [0.25, 0.3) is 5.91 Å². The summed E-state index contributed by atoms with van der Waals surface area (Å²) in [6.45, 7) is -1.19. The molecule has 0 saturated heterocycles. The van der Waals surface area contributed by atoms with Gasteiger partial charge >= 0.3 is 11.9 Å². The Hall–Kier alpha value is -2.78. The van der Waals surface area contributed by atoms with E-state index in [1.165, 1.54) is 24.3 Å². The molecule has 23 heavy (non-hydrogen) atoms. The first kappa shape index (κ1) is 16.6. The Kier molecular flexibility index (Phi) is 5.04. The lowest BCUT2D eigenvalue weighted by Gasteiger charge is -2.09. The predicted molar refractivity (Wildman–Crippen MR) is 71.2 cm³/mol. The lowest BCUT2D eigenvalue weighted by Crippen LogP contribution is -2.26. The van der Waals surface area contributed by atoms with Crippen molar-refractivity contribution in [3.63, 3.8) is 0 Å². The molecule has 1 heterocycles. The van der Waals surface area contributed by atoms with Gasteiger partial charge in [-0.3, -0.25) is 14.3 Å². The van der Waals surface area contributed by atoms with E-state index in [9.17, 15) is 22.8 Å². The standard InChI is InChI=1S/C13H12F3N3O4/c14-13(15,16)7-22-9-3-1-8(2-4-9)11(20)17-6-5-10-18-12(21)23-19-10/h1-4H,5-7H2,(H,17,20)(H,18,19,21). The van der Waals surface area contributed by atoms with E-state index in [2.05, 4.69) is 24.7 Å². The van der Waals surface area contributed by atoms with Gasteiger partial charge in [0.2, 0.25) is 0 Å². The highest BCUT2D eigenvalue weighted by atomic mass is 19.4. The molecule has 2 rings (SSSR count). The van der Waals surface area contributed by atoms with E-state index in [-0.39, 0.29) is 24.3 Å². The van der Waals surface area contributed by atoms with E-state index in [0.29, 0.717) is 5.82 Å². The quantitative estimate of drug-likeness (QED) is 0.831. The Morgan fingerprint density at radius 3 is 2.57 bits per heavy atom. The number of hydrogen-bond acceptors (Lipinski definition) is 5. The number of rotatable bonds is 6. The molecular weight excluding hydrogens is 319 g/mol. The van der Waals surface area contributed by atoms with Crippen molar-refractivity contribution in [2.24, 2.45) is 0 Å². The van der Waals surface area contributed by atoms with Gasteiger partial charge in [0, 0.05) is 18.5 Å². The highest BCUT2D eigenvalue weighted by molar-refractivity contribution is 5.94. The molecule has 124 valence electrons. The number of aromatic nitrogens is 2. The van der Waals surface area contributed by atoms with Crippen LogP contribution in [-0.4, -0.2) is 35.4 Å². The number of alkyl halides is 3. The van der Waals surface area contributed by atoms with Crippen LogP contribution in [0.3, 0.4) is 0 Å². The van der Waals surface area contributed by atoms with Crippen molar-refractivity contribution in [1.29, 1.82) is 0 Å². The Morgan fingerprint density at radius 1 is 1.30 bits per heavy atom. The van der Waals surface area contributed by atoms with E-state index >= 15 is 0 Å². The normalized spacial score (nSPS) is 11.3. The van der Waals surface area contributed by atoms with Crippen molar-refractivity contribution >= 4 is 5.91 Å². The number of amides is 1. The Labute approximate surface area is 127 Å². The minimum atomic E-state index is -4.42.